The molecular weight excluding hydrogens is 352 g/mol. The number of unbranched alkanes of at least 4 members (excludes halogenated alkanes) is 1. The van der Waals surface area contributed by atoms with Crippen molar-refractivity contribution in [2.45, 2.75) is 24.1 Å². The molecule has 2 aromatic rings. The minimum absolute atomic E-state index is 0.796. The number of para-hydroxylation sites is 1. The Hall–Kier alpha value is -0.660. The molecule has 0 N–H and O–H groups in total. The fourth-order valence-corrected chi connectivity index (χ4v) is 5.23. The summed E-state index contributed by atoms with van der Waals surface area (Å²) in [6, 6.07) is 8.33. The Morgan fingerprint density at radius 2 is 2.04 bits per heavy atom. The molecule has 0 bridgehead atoms. The molecule has 1 aromatic carbocycles. The number of quaternary nitrogens is 1. The highest BCUT2D eigenvalue weighted by molar-refractivity contribution is 8.01. The smallest absolute Gasteiger partial charge is 0.151 e. The molecule has 1 aliphatic heterocycles. The maximum atomic E-state index is 5.94. The van der Waals surface area contributed by atoms with Crippen LogP contribution in [0.2, 0.25) is 0 Å². The summed E-state index contributed by atoms with van der Waals surface area (Å²) in [5, 5.41) is 0. The van der Waals surface area contributed by atoms with Gasteiger partial charge in [0, 0.05) is 5.75 Å². The van der Waals surface area contributed by atoms with E-state index in [0.29, 0.717) is 0 Å². The zero-order valence-electron chi connectivity index (χ0n) is 15.1. The first kappa shape index (κ1) is 19.1. The van der Waals surface area contributed by atoms with Crippen molar-refractivity contribution in [1.82, 2.24) is 4.98 Å². The number of thiazole rings is 1. The molecule has 1 aliphatic rings. The van der Waals surface area contributed by atoms with Crippen molar-refractivity contribution in [3.05, 3.63) is 24.3 Å². The van der Waals surface area contributed by atoms with Crippen molar-refractivity contribution in [1.29, 1.82) is 0 Å². The van der Waals surface area contributed by atoms with Crippen LogP contribution in [0.4, 0.5) is 0 Å². The maximum absolute atomic E-state index is 5.94. The van der Waals surface area contributed by atoms with Gasteiger partial charge in [-0.15, -0.1) is 11.3 Å². The zero-order valence-corrected chi connectivity index (χ0v) is 16.7. The van der Waals surface area contributed by atoms with Gasteiger partial charge in [-0.2, -0.15) is 0 Å². The topological polar surface area (TPSA) is 31.4 Å². The number of hydrogen-bond donors (Lipinski definition) is 0. The van der Waals surface area contributed by atoms with Crippen LogP contribution >= 0.6 is 23.1 Å². The first-order valence-electron chi connectivity index (χ1n) is 9.30. The summed E-state index contributed by atoms with van der Waals surface area (Å²) in [4.78, 5) is 4.66. The Balaban J connectivity index is 1.36. The largest absolute Gasteiger partial charge is 0.375 e. The lowest BCUT2D eigenvalue weighted by Crippen LogP contribution is -2.57. The van der Waals surface area contributed by atoms with Crippen LogP contribution in [-0.4, -0.2) is 67.8 Å². The first-order chi connectivity index (χ1) is 12.3. The summed E-state index contributed by atoms with van der Waals surface area (Å²) in [6.07, 6.45) is 2.56. The fourth-order valence-electron chi connectivity index (χ4n) is 3.24. The number of ether oxygens (including phenoxy) is 2. The van der Waals surface area contributed by atoms with E-state index in [1.807, 2.05) is 6.07 Å². The first-order valence-corrected chi connectivity index (χ1v) is 11.1. The lowest BCUT2D eigenvalue weighted by molar-refractivity contribution is -0.935. The van der Waals surface area contributed by atoms with E-state index in [4.69, 9.17) is 9.47 Å². The molecule has 0 unspecified atom stereocenters. The second kappa shape index (κ2) is 9.88. The maximum Gasteiger partial charge on any atom is 0.151 e. The number of fused-ring (bicyclic) bond motifs is 1. The van der Waals surface area contributed by atoms with Gasteiger partial charge in [0.25, 0.3) is 0 Å². The highest BCUT2D eigenvalue weighted by Gasteiger charge is 2.29. The third-order valence-corrected chi connectivity index (χ3v) is 6.99. The molecule has 1 saturated heterocycles. The van der Waals surface area contributed by atoms with Gasteiger partial charge in [0.05, 0.1) is 43.2 Å². The van der Waals surface area contributed by atoms with Gasteiger partial charge < -0.3 is 14.0 Å². The Labute approximate surface area is 159 Å². The highest BCUT2D eigenvalue weighted by Crippen LogP contribution is 2.29. The van der Waals surface area contributed by atoms with E-state index in [0.717, 1.165) is 61.7 Å². The Morgan fingerprint density at radius 3 is 2.84 bits per heavy atom. The molecule has 25 heavy (non-hydrogen) atoms. The number of benzene rings is 1. The monoisotopic (exact) mass is 381 g/mol. The van der Waals surface area contributed by atoms with Crippen LogP contribution in [0.15, 0.2) is 28.6 Å². The van der Waals surface area contributed by atoms with Gasteiger partial charge in [-0.05, 0) is 18.6 Å². The molecule has 0 aliphatic carbocycles. The molecular formula is C19H29N2O2S2+. The normalized spacial score (nSPS) is 17.2. The van der Waals surface area contributed by atoms with Crippen LogP contribution in [0.25, 0.3) is 10.2 Å². The van der Waals surface area contributed by atoms with Gasteiger partial charge in [-0.3, -0.25) is 0 Å². The molecule has 0 saturated carbocycles. The number of rotatable bonds is 10. The number of hydrogen-bond acceptors (Lipinski definition) is 5. The lowest BCUT2D eigenvalue weighted by Gasteiger charge is -2.41. The average Bonchev–Trinajstić information content (AvgIpc) is 3.06. The van der Waals surface area contributed by atoms with E-state index < -0.39 is 0 Å². The third-order valence-electron chi connectivity index (χ3n) is 4.84. The van der Waals surface area contributed by atoms with Crippen LogP contribution in [0, 0.1) is 0 Å². The SMILES string of the molecule is CCCC[N+]1(CCOCCSc2nc3ccccc3s2)CCOCC1. The summed E-state index contributed by atoms with van der Waals surface area (Å²) in [5.74, 6) is 0.970. The Morgan fingerprint density at radius 1 is 1.20 bits per heavy atom. The minimum Gasteiger partial charge on any atom is -0.375 e. The van der Waals surface area contributed by atoms with Crippen molar-refractivity contribution < 1.29 is 14.0 Å². The van der Waals surface area contributed by atoms with Crippen LogP contribution in [0.3, 0.4) is 0 Å². The number of thioether (sulfide) groups is 1. The second-order valence-corrected chi connectivity index (χ2v) is 8.98. The molecule has 4 nitrogen and oxygen atoms in total. The third kappa shape index (κ3) is 5.66. The molecule has 6 heteroatoms. The number of nitrogens with zero attached hydrogens (tertiary/aromatic N) is 2. The molecule has 138 valence electrons. The quantitative estimate of drug-likeness (QED) is 0.353. The van der Waals surface area contributed by atoms with Gasteiger partial charge >= 0.3 is 0 Å². The van der Waals surface area contributed by atoms with E-state index >= 15 is 0 Å². The van der Waals surface area contributed by atoms with Crippen molar-refractivity contribution >= 4 is 33.3 Å². The summed E-state index contributed by atoms with van der Waals surface area (Å²) in [6.45, 7) is 10.4. The van der Waals surface area contributed by atoms with Crippen molar-refractivity contribution in [2.24, 2.45) is 0 Å². The van der Waals surface area contributed by atoms with Gasteiger partial charge in [0.2, 0.25) is 0 Å². The van der Waals surface area contributed by atoms with E-state index in [2.05, 4.69) is 30.1 Å². The van der Waals surface area contributed by atoms with Crippen LogP contribution in [0.5, 0.6) is 0 Å². The van der Waals surface area contributed by atoms with Crippen molar-refractivity contribution in [3.8, 4) is 0 Å². The minimum atomic E-state index is 0.796. The molecule has 2 heterocycles. The Kier molecular flexibility index (Phi) is 7.55. The van der Waals surface area contributed by atoms with Gasteiger partial charge in [0.1, 0.15) is 19.6 Å². The zero-order chi connectivity index (χ0) is 17.4. The van der Waals surface area contributed by atoms with E-state index in [9.17, 15) is 0 Å². The van der Waals surface area contributed by atoms with E-state index in [1.165, 1.54) is 28.6 Å². The van der Waals surface area contributed by atoms with E-state index in [-0.39, 0.29) is 0 Å². The lowest BCUT2D eigenvalue weighted by atomic mass is 10.2. The van der Waals surface area contributed by atoms with Crippen molar-refractivity contribution in [2.75, 3.05) is 58.4 Å². The predicted molar refractivity (Wildman–Crippen MR) is 107 cm³/mol. The highest BCUT2D eigenvalue weighted by atomic mass is 32.2. The summed E-state index contributed by atoms with van der Waals surface area (Å²) in [5.41, 5.74) is 1.10. The van der Waals surface area contributed by atoms with Crippen LogP contribution in [0.1, 0.15) is 19.8 Å². The fraction of sp³-hybridized carbons (Fsp3) is 0.632. The van der Waals surface area contributed by atoms with E-state index in [1.54, 1.807) is 23.1 Å². The molecule has 3 rings (SSSR count). The number of morpholine rings is 1. The Bertz CT molecular complexity index is 608. The molecule has 1 fully saturated rings. The summed E-state index contributed by atoms with van der Waals surface area (Å²) < 4.78 is 15.1. The standard InChI is InChI=1S/C19H29N2O2S2/c1-2-3-8-21(9-12-22-13-10-21)11-14-23-15-16-24-19-20-17-6-4-5-7-18(17)25-19/h4-7H,2-3,8-16H2,1H3/q+1. The summed E-state index contributed by atoms with van der Waals surface area (Å²) >= 11 is 3.57. The van der Waals surface area contributed by atoms with Crippen LogP contribution < -0.4 is 0 Å². The molecule has 0 spiro atoms. The summed E-state index contributed by atoms with van der Waals surface area (Å²) in [7, 11) is 0. The molecule has 0 radical (unpaired) electrons. The molecule has 0 atom stereocenters. The number of aromatic nitrogens is 1. The average molecular weight is 382 g/mol. The second-order valence-electron chi connectivity index (χ2n) is 6.61. The van der Waals surface area contributed by atoms with Gasteiger partial charge in [-0.25, -0.2) is 4.98 Å². The predicted octanol–water partition coefficient (Wildman–Crippen LogP) is 4.05. The van der Waals surface area contributed by atoms with Crippen molar-refractivity contribution in [3.63, 3.8) is 0 Å². The van der Waals surface area contributed by atoms with Gasteiger partial charge in [-0.1, -0.05) is 37.2 Å². The van der Waals surface area contributed by atoms with Gasteiger partial charge in [0.15, 0.2) is 4.34 Å². The molecule has 1 aromatic heterocycles. The van der Waals surface area contributed by atoms with Crippen LogP contribution in [-0.2, 0) is 9.47 Å². The molecule has 0 amide bonds.